The molecule has 5 nitrogen and oxygen atoms in total. The molecule has 18 heavy (non-hydrogen) atoms. The first-order valence-corrected chi connectivity index (χ1v) is 7.55. The molecule has 0 aliphatic heterocycles. The third-order valence-electron chi connectivity index (χ3n) is 2.03. The second-order valence-electron chi connectivity index (χ2n) is 4.18. The number of hydrogen-bond donors (Lipinski definition) is 1. The van der Waals surface area contributed by atoms with Gasteiger partial charge in [0.2, 0.25) is 10.0 Å². The van der Waals surface area contributed by atoms with Crippen molar-refractivity contribution in [3.05, 3.63) is 28.2 Å². The molecule has 0 radical (unpaired) electrons. The van der Waals surface area contributed by atoms with Crippen LogP contribution in [0.2, 0.25) is 0 Å². The molecule has 1 aromatic carbocycles. The van der Waals surface area contributed by atoms with Crippen LogP contribution in [0.15, 0.2) is 27.6 Å². The van der Waals surface area contributed by atoms with Gasteiger partial charge in [-0.15, -0.1) is 0 Å². The van der Waals surface area contributed by atoms with E-state index in [0.29, 0.717) is 4.47 Å². The molecule has 0 fully saturated rings. The molecule has 100 valence electrons. The van der Waals surface area contributed by atoms with Crippen molar-refractivity contribution in [1.82, 2.24) is 0 Å². The van der Waals surface area contributed by atoms with Gasteiger partial charge in [0.05, 0.1) is 17.1 Å². The number of carbonyl (C=O) groups excluding carboxylic acids is 1. The smallest absolute Gasteiger partial charge is 0.339 e. The van der Waals surface area contributed by atoms with E-state index in [9.17, 15) is 13.2 Å². The molecular weight excluding hydrogens is 322 g/mol. The molecule has 2 N–H and O–H groups in total. The summed E-state index contributed by atoms with van der Waals surface area (Å²) in [5.41, 5.74) is 0.141. The van der Waals surface area contributed by atoms with Crippen LogP contribution in [0.3, 0.4) is 0 Å². The summed E-state index contributed by atoms with van der Waals surface area (Å²) in [6, 6.07) is 3.96. The van der Waals surface area contributed by atoms with E-state index >= 15 is 0 Å². The number of esters is 1. The van der Waals surface area contributed by atoms with E-state index in [1.165, 1.54) is 18.2 Å². The van der Waals surface area contributed by atoms with E-state index in [1.807, 2.05) is 13.8 Å². The highest BCUT2D eigenvalue weighted by Gasteiger charge is 2.16. The number of ether oxygens (including phenoxy) is 1. The first kappa shape index (κ1) is 15.1. The van der Waals surface area contributed by atoms with Crippen molar-refractivity contribution in [2.45, 2.75) is 18.7 Å². The molecule has 0 unspecified atom stereocenters. The fraction of sp³-hybridized carbons (Fsp3) is 0.364. The number of carbonyl (C=O) groups is 1. The van der Waals surface area contributed by atoms with Crippen LogP contribution in [0.1, 0.15) is 24.2 Å². The number of halogens is 1. The van der Waals surface area contributed by atoms with Crippen molar-refractivity contribution < 1.29 is 17.9 Å². The van der Waals surface area contributed by atoms with Crippen molar-refractivity contribution in [2.24, 2.45) is 11.1 Å². The van der Waals surface area contributed by atoms with E-state index in [4.69, 9.17) is 9.88 Å². The van der Waals surface area contributed by atoms with Crippen molar-refractivity contribution >= 4 is 31.9 Å². The summed E-state index contributed by atoms with van der Waals surface area (Å²) < 4.78 is 27.9. The van der Waals surface area contributed by atoms with Crippen LogP contribution < -0.4 is 5.14 Å². The molecule has 0 spiro atoms. The Morgan fingerprint density at radius 2 is 2.06 bits per heavy atom. The Balaban J connectivity index is 3.05. The monoisotopic (exact) mass is 335 g/mol. The number of primary sulfonamides is 1. The summed E-state index contributed by atoms with van der Waals surface area (Å²) in [5.74, 6) is -0.379. The predicted molar refractivity (Wildman–Crippen MR) is 70.6 cm³/mol. The predicted octanol–water partition coefficient (Wildman–Crippen LogP) is 1.91. The fourth-order valence-corrected chi connectivity index (χ4v) is 2.11. The summed E-state index contributed by atoms with van der Waals surface area (Å²) in [6.07, 6.45) is 0. The lowest BCUT2D eigenvalue weighted by Crippen LogP contribution is -2.15. The van der Waals surface area contributed by atoms with Gasteiger partial charge in [-0.1, -0.05) is 13.8 Å². The van der Waals surface area contributed by atoms with Crippen molar-refractivity contribution in [3.63, 3.8) is 0 Å². The molecule has 0 aliphatic carbocycles. The average Bonchev–Trinajstić information content (AvgIpc) is 2.24. The van der Waals surface area contributed by atoms with E-state index in [1.54, 1.807) is 0 Å². The largest absolute Gasteiger partial charge is 0.462 e. The maximum Gasteiger partial charge on any atom is 0.339 e. The first-order chi connectivity index (χ1) is 8.21. The average molecular weight is 336 g/mol. The van der Waals surface area contributed by atoms with Crippen LogP contribution in [0.4, 0.5) is 0 Å². The van der Waals surface area contributed by atoms with E-state index < -0.39 is 16.0 Å². The molecular formula is C11H14BrNO4S. The Morgan fingerprint density at radius 1 is 1.44 bits per heavy atom. The van der Waals surface area contributed by atoms with Gasteiger partial charge >= 0.3 is 5.97 Å². The minimum absolute atomic E-state index is 0.123. The lowest BCUT2D eigenvalue weighted by Gasteiger charge is -2.09. The van der Waals surface area contributed by atoms with Crippen molar-refractivity contribution in [3.8, 4) is 0 Å². The number of hydrogen-bond acceptors (Lipinski definition) is 4. The zero-order valence-corrected chi connectivity index (χ0v) is 12.4. The van der Waals surface area contributed by atoms with Gasteiger partial charge in [0.15, 0.2) is 0 Å². The van der Waals surface area contributed by atoms with E-state index in [0.717, 1.165) is 0 Å². The number of nitrogens with two attached hydrogens (primary N) is 1. The van der Waals surface area contributed by atoms with Crippen LogP contribution in [0, 0.1) is 5.92 Å². The standard InChI is InChI=1S/C11H14BrNO4S/c1-7(2)6-17-11(14)9-5-8(18(13,15)16)3-4-10(9)12/h3-5,7H,6H2,1-2H3,(H2,13,15,16). The molecule has 0 bridgehead atoms. The quantitative estimate of drug-likeness (QED) is 0.851. The molecule has 0 aromatic heterocycles. The summed E-state index contributed by atoms with van der Waals surface area (Å²) in [6.45, 7) is 4.08. The third kappa shape index (κ3) is 4.08. The topological polar surface area (TPSA) is 86.5 Å². The van der Waals surface area contributed by atoms with Gasteiger partial charge in [0.25, 0.3) is 0 Å². The van der Waals surface area contributed by atoms with Crippen LogP contribution in [0.25, 0.3) is 0 Å². The molecule has 0 saturated heterocycles. The van der Waals surface area contributed by atoms with E-state index in [2.05, 4.69) is 15.9 Å². The Bertz CT molecular complexity index is 554. The Hall–Kier alpha value is -0.920. The first-order valence-electron chi connectivity index (χ1n) is 5.21. The molecule has 1 aromatic rings. The summed E-state index contributed by atoms with van der Waals surface area (Å²) in [7, 11) is -3.84. The lowest BCUT2D eigenvalue weighted by atomic mass is 10.2. The maximum atomic E-state index is 11.8. The molecule has 7 heteroatoms. The molecule has 0 aliphatic rings. The molecule has 0 atom stereocenters. The summed E-state index contributed by atoms with van der Waals surface area (Å²) >= 11 is 3.17. The highest BCUT2D eigenvalue weighted by atomic mass is 79.9. The van der Waals surface area contributed by atoms with Crippen LogP contribution in [-0.4, -0.2) is 21.0 Å². The highest BCUT2D eigenvalue weighted by Crippen LogP contribution is 2.21. The number of benzene rings is 1. The van der Waals surface area contributed by atoms with Gasteiger partial charge in [-0.25, -0.2) is 18.4 Å². The minimum atomic E-state index is -3.84. The maximum absolute atomic E-state index is 11.8. The van der Waals surface area contributed by atoms with Crippen LogP contribution in [0.5, 0.6) is 0 Å². The van der Waals surface area contributed by atoms with Gasteiger partial charge in [-0.05, 0) is 40.0 Å². The summed E-state index contributed by atoms with van der Waals surface area (Å²) in [5, 5.41) is 5.00. The lowest BCUT2D eigenvalue weighted by molar-refractivity contribution is 0.0457. The summed E-state index contributed by atoms with van der Waals surface area (Å²) in [4.78, 5) is 11.6. The highest BCUT2D eigenvalue weighted by molar-refractivity contribution is 9.10. The zero-order chi connectivity index (χ0) is 13.9. The second-order valence-corrected chi connectivity index (χ2v) is 6.59. The Morgan fingerprint density at radius 3 is 2.56 bits per heavy atom. The Labute approximate surface area is 114 Å². The molecule has 0 saturated carbocycles. The van der Waals surface area contributed by atoms with Gasteiger partial charge in [0, 0.05) is 4.47 Å². The SMILES string of the molecule is CC(C)COC(=O)c1cc(S(N)(=O)=O)ccc1Br. The van der Waals surface area contributed by atoms with Gasteiger partial charge in [-0.2, -0.15) is 0 Å². The molecule has 0 amide bonds. The molecule has 0 heterocycles. The fourth-order valence-electron chi connectivity index (χ4n) is 1.16. The minimum Gasteiger partial charge on any atom is -0.462 e. The normalized spacial score (nSPS) is 11.6. The van der Waals surface area contributed by atoms with Crippen LogP contribution >= 0.6 is 15.9 Å². The van der Waals surface area contributed by atoms with Crippen LogP contribution in [-0.2, 0) is 14.8 Å². The Kier molecular flexibility index (Phi) is 4.89. The molecule has 1 rings (SSSR count). The van der Waals surface area contributed by atoms with Gasteiger partial charge in [-0.3, -0.25) is 0 Å². The number of sulfonamides is 1. The van der Waals surface area contributed by atoms with Crippen molar-refractivity contribution in [2.75, 3.05) is 6.61 Å². The van der Waals surface area contributed by atoms with Crippen molar-refractivity contribution in [1.29, 1.82) is 0 Å². The number of rotatable bonds is 4. The van der Waals surface area contributed by atoms with Gasteiger partial charge in [0.1, 0.15) is 0 Å². The second kappa shape index (κ2) is 5.81. The zero-order valence-electron chi connectivity index (χ0n) is 10.0. The van der Waals surface area contributed by atoms with E-state index in [-0.39, 0.29) is 23.0 Å². The van der Waals surface area contributed by atoms with Gasteiger partial charge < -0.3 is 4.74 Å². The third-order valence-corrected chi connectivity index (χ3v) is 3.64.